The van der Waals surface area contributed by atoms with E-state index < -0.39 is 23.3 Å². The van der Waals surface area contributed by atoms with Gasteiger partial charge in [0.1, 0.15) is 17.5 Å². The van der Waals surface area contributed by atoms with Gasteiger partial charge in [0.25, 0.3) is 0 Å². The molecule has 2 aromatic heterocycles. The Labute approximate surface area is 229 Å². The monoisotopic (exact) mass is 541 g/mol. The van der Waals surface area contributed by atoms with Gasteiger partial charge < -0.3 is 20.2 Å². The van der Waals surface area contributed by atoms with Gasteiger partial charge in [-0.2, -0.15) is 5.43 Å². The second-order valence-corrected chi connectivity index (χ2v) is 10.4. The van der Waals surface area contributed by atoms with E-state index in [4.69, 9.17) is 5.73 Å². The lowest BCUT2D eigenvalue weighted by Crippen LogP contribution is -2.48. The number of rotatable bonds is 6. The smallest absolute Gasteiger partial charge is 0.331 e. The van der Waals surface area contributed by atoms with Gasteiger partial charge in [-0.25, -0.2) is 13.6 Å². The maximum Gasteiger partial charge on any atom is 0.331 e. The van der Waals surface area contributed by atoms with E-state index in [1.807, 2.05) is 66.7 Å². The second-order valence-electron chi connectivity index (χ2n) is 10.4. The predicted molar refractivity (Wildman–Crippen MR) is 152 cm³/mol. The number of benzene rings is 3. The lowest BCUT2D eigenvalue weighted by molar-refractivity contribution is 0.246. The Balaban J connectivity index is 1.53. The lowest BCUT2D eigenvalue weighted by atomic mass is 9.91. The van der Waals surface area contributed by atoms with Crippen molar-refractivity contribution in [3.63, 3.8) is 0 Å². The van der Waals surface area contributed by atoms with Gasteiger partial charge in [-0.15, -0.1) is 0 Å². The van der Waals surface area contributed by atoms with Crippen molar-refractivity contribution in [1.82, 2.24) is 25.3 Å². The van der Waals surface area contributed by atoms with Crippen LogP contribution in [0.15, 0.2) is 78.0 Å². The summed E-state index contributed by atoms with van der Waals surface area (Å²) in [5.74, 6) is -0.355. The van der Waals surface area contributed by atoms with Crippen LogP contribution in [0.1, 0.15) is 36.1 Å². The molecule has 1 fully saturated rings. The first-order chi connectivity index (χ1) is 19.1. The molecule has 1 aliphatic heterocycles. The Bertz CT molecular complexity index is 1820. The van der Waals surface area contributed by atoms with Crippen LogP contribution in [0.3, 0.4) is 0 Å². The summed E-state index contributed by atoms with van der Waals surface area (Å²) in [6, 6.07) is 16.5. The molecule has 0 spiro atoms. The number of aromatic nitrogens is 2. The second kappa shape index (κ2) is 9.49. The number of carbonyl (C=O) groups excluding carboxylic acids is 1. The normalized spacial score (nSPS) is 17.6. The number of hydrogen-bond acceptors (Lipinski definition) is 3. The first-order valence-electron chi connectivity index (χ1n) is 13.0. The van der Waals surface area contributed by atoms with Crippen molar-refractivity contribution in [3.05, 3.63) is 107 Å². The highest BCUT2D eigenvalue weighted by Crippen LogP contribution is 2.39. The fraction of sp³-hybridized carbons (Fsp3) is 0.200. The lowest BCUT2D eigenvalue weighted by Gasteiger charge is -2.28. The molecule has 204 valence electrons. The number of aryl methyl sites for hydroxylation is 1. The first-order valence-corrected chi connectivity index (χ1v) is 13.0. The van der Waals surface area contributed by atoms with Crippen LogP contribution >= 0.6 is 0 Å². The Hall–Kier alpha value is -4.70. The van der Waals surface area contributed by atoms with E-state index in [2.05, 4.69) is 21.2 Å². The van der Waals surface area contributed by atoms with E-state index in [0.29, 0.717) is 34.3 Å². The zero-order valence-corrected chi connectivity index (χ0v) is 22.3. The minimum Gasteiger partial charge on any atom is -0.383 e. The van der Waals surface area contributed by atoms with Crippen molar-refractivity contribution in [2.24, 2.45) is 17.8 Å². The number of nitrogens with one attached hydrogen (secondary N) is 3. The van der Waals surface area contributed by atoms with Gasteiger partial charge in [-0.1, -0.05) is 18.2 Å². The molecule has 10 heteroatoms. The maximum absolute atomic E-state index is 14.7. The van der Waals surface area contributed by atoms with Crippen LogP contribution in [0.2, 0.25) is 0 Å². The van der Waals surface area contributed by atoms with Crippen molar-refractivity contribution < 1.29 is 13.6 Å². The van der Waals surface area contributed by atoms with Gasteiger partial charge >= 0.3 is 6.03 Å². The summed E-state index contributed by atoms with van der Waals surface area (Å²) in [4.78, 5) is 17.1. The molecule has 1 aliphatic rings. The molecule has 1 saturated heterocycles. The average Bonchev–Trinajstić information content (AvgIpc) is 3.57. The molecule has 0 bridgehead atoms. The Morgan fingerprint density at radius 3 is 2.33 bits per heavy atom. The third-order valence-corrected chi connectivity index (χ3v) is 7.24. The van der Waals surface area contributed by atoms with Gasteiger partial charge in [0, 0.05) is 70.5 Å². The number of amides is 2. The van der Waals surface area contributed by atoms with Gasteiger partial charge in [-0.05, 0) is 61.9 Å². The van der Waals surface area contributed by atoms with Crippen molar-refractivity contribution in [2.75, 3.05) is 0 Å². The van der Waals surface area contributed by atoms with Crippen LogP contribution in [-0.2, 0) is 19.3 Å². The summed E-state index contributed by atoms with van der Waals surface area (Å²) in [6.45, 7) is 4.38. The quantitative estimate of drug-likeness (QED) is 0.187. The molecule has 40 heavy (non-hydrogen) atoms. The molecular formula is C30H29F2N7O. The number of amidine groups is 1. The highest BCUT2D eigenvalue weighted by atomic mass is 19.1. The summed E-state index contributed by atoms with van der Waals surface area (Å²) in [5.41, 5.74) is 15.2. The molecule has 5 aromatic rings. The molecule has 3 heterocycles. The predicted octanol–water partition coefficient (Wildman–Crippen LogP) is 4.59. The van der Waals surface area contributed by atoms with Crippen LogP contribution in [0.25, 0.3) is 21.8 Å². The Morgan fingerprint density at radius 1 is 0.975 bits per heavy atom. The van der Waals surface area contributed by atoms with Crippen molar-refractivity contribution in [1.29, 1.82) is 0 Å². The number of hydrogen-bond donors (Lipinski definition) is 4. The molecule has 6 rings (SSSR count). The Morgan fingerprint density at radius 2 is 1.65 bits per heavy atom. The van der Waals surface area contributed by atoms with Crippen LogP contribution in [-0.4, -0.2) is 27.0 Å². The molecule has 1 unspecified atom stereocenters. The number of nitrogens with two attached hydrogens (primary N) is 1. The minimum atomic E-state index is -1.31. The van der Waals surface area contributed by atoms with E-state index in [-0.39, 0.29) is 6.04 Å². The topological polar surface area (TPSA) is 101 Å². The molecule has 0 radical (unpaired) electrons. The standard InChI is InChI=1S/C30H29F2N7O/c1-17(2)34-28(33)19-6-4-5-18(11-19)14-39-16-25(23-13-21(32)8-10-27(23)39)30(35-29(40)36-37-30)24-15-38(3)26-9-7-20(31)12-22(24)26/h4-13,15-17,37H,14H2,1-3H3,(H2,33,34)(H2,35,36,40). The summed E-state index contributed by atoms with van der Waals surface area (Å²) in [5, 5.41) is 4.20. The summed E-state index contributed by atoms with van der Waals surface area (Å²) in [6.07, 6.45) is 3.73. The highest BCUT2D eigenvalue weighted by molar-refractivity contribution is 5.97. The molecule has 8 nitrogen and oxygen atoms in total. The molecule has 2 amide bonds. The zero-order chi connectivity index (χ0) is 28.2. The first kappa shape index (κ1) is 25.6. The minimum absolute atomic E-state index is 0.0657. The van der Waals surface area contributed by atoms with Gasteiger partial charge in [0.15, 0.2) is 5.66 Å². The van der Waals surface area contributed by atoms with E-state index in [1.165, 1.54) is 24.3 Å². The zero-order valence-electron chi connectivity index (χ0n) is 22.3. The van der Waals surface area contributed by atoms with Gasteiger partial charge in [0.05, 0.1) is 0 Å². The molecule has 5 N–H and O–H groups in total. The van der Waals surface area contributed by atoms with Crippen LogP contribution in [0, 0.1) is 11.6 Å². The molecule has 1 atom stereocenters. The van der Waals surface area contributed by atoms with Crippen LogP contribution in [0.4, 0.5) is 13.6 Å². The fourth-order valence-electron chi connectivity index (χ4n) is 5.54. The van der Waals surface area contributed by atoms with Crippen LogP contribution in [0.5, 0.6) is 0 Å². The SMILES string of the molecule is CC(C)N=C(N)c1cccc(Cn2cc(C3(c4cn(C)c5ccc(F)cc45)NNC(=O)N3)c3cc(F)ccc32)c1. The summed E-state index contributed by atoms with van der Waals surface area (Å²) in [7, 11) is 1.85. The van der Waals surface area contributed by atoms with Crippen molar-refractivity contribution in [3.8, 4) is 0 Å². The van der Waals surface area contributed by atoms with Gasteiger partial charge in [-0.3, -0.25) is 10.4 Å². The van der Waals surface area contributed by atoms with E-state index in [1.54, 1.807) is 12.1 Å². The number of aliphatic imine (C=N–C) groups is 1. The van der Waals surface area contributed by atoms with E-state index in [9.17, 15) is 13.6 Å². The third-order valence-electron chi connectivity index (χ3n) is 7.24. The number of nitrogens with zero attached hydrogens (tertiary/aromatic N) is 3. The largest absolute Gasteiger partial charge is 0.383 e. The number of fused-ring (bicyclic) bond motifs is 2. The molecule has 0 saturated carbocycles. The third kappa shape index (κ3) is 4.26. The highest BCUT2D eigenvalue weighted by Gasteiger charge is 2.45. The molecule has 3 aromatic carbocycles. The molecular weight excluding hydrogens is 512 g/mol. The number of urea groups is 1. The van der Waals surface area contributed by atoms with Crippen molar-refractivity contribution in [2.45, 2.75) is 32.1 Å². The van der Waals surface area contributed by atoms with Gasteiger partial charge in [0.2, 0.25) is 0 Å². The average molecular weight is 542 g/mol. The van der Waals surface area contributed by atoms with Crippen molar-refractivity contribution >= 4 is 33.7 Å². The summed E-state index contributed by atoms with van der Waals surface area (Å²) >= 11 is 0. The number of halogens is 2. The number of hydrazine groups is 1. The van der Waals surface area contributed by atoms with E-state index >= 15 is 0 Å². The summed E-state index contributed by atoms with van der Waals surface area (Å²) < 4.78 is 33.0. The fourth-order valence-corrected chi connectivity index (χ4v) is 5.54. The Kier molecular flexibility index (Phi) is 6.07. The van der Waals surface area contributed by atoms with E-state index in [0.717, 1.165) is 22.2 Å². The number of carbonyl (C=O) groups is 1. The van der Waals surface area contributed by atoms with Crippen LogP contribution < -0.4 is 21.9 Å². The molecule has 0 aliphatic carbocycles. The maximum atomic E-state index is 14.7.